The van der Waals surface area contributed by atoms with Gasteiger partial charge in [0.15, 0.2) is 0 Å². The largest absolute Gasteiger partial charge is 0.358 e. The molecule has 0 atom stereocenters. The fraction of sp³-hybridized carbons (Fsp3) is 0.378. The quantitative estimate of drug-likeness (QED) is 0.161. The van der Waals surface area contributed by atoms with Crippen LogP contribution in [0.15, 0.2) is 91.0 Å². The van der Waals surface area contributed by atoms with Crippen molar-refractivity contribution in [3.05, 3.63) is 141 Å². The summed E-state index contributed by atoms with van der Waals surface area (Å²) < 4.78 is 3.34. The molecule has 0 nitrogen and oxygen atoms in total. The van der Waals surface area contributed by atoms with E-state index < -0.39 is 0 Å². The van der Waals surface area contributed by atoms with Crippen molar-refractivity contribution in [1.29, 1.82) is 0 Å². The molecule has 5 aromatic carbocycles. The maximum Gasteiger partial charge on any atom is -0.172 e. The first-order chi connectivity index (χ1) is 20.8. The maximum atomic E-state index is 3.34. The first-order valence-corrected chi connectivity index (χ1v) is 18.0. The molecule has 0 spiro atoms. The molecule has 5 aromatic rings. The van der Waals surface area contributed by atoms with Crippen molar-refractivity contribution in [3.8, 4) is 0 Å². The third kappa shape index (κ3) is 13.8. The Morgan fingerprint density at radius 1 is 0.674 bits per heavy atom. The Morgan fingerprint density at radius 3 is 1.30 bits per heavy atom. The minimum atomic E-state index is 0. The van der Waals surface area contributed by atoms with Crippen LogP contribution in [0.25, 0.3) is 21.5 Å². The molecule has 0 bridgehead atoms. The summed E-state index contributed by atoms with van der Waals surface area (Å²) in [6, 6.07) is 35.8. The van der Waals surface area contributed by atoms with E-state index in [1.165, 1.54) is 87.3 Å². The molecule has 1 heteroatoms. The second kappa shape index (κ2) is 20.8. The average Bonchev–Trinajstić information content (AvgIpc) is 3.64. The van der Waals surface area contributed by atoms with Gasteiger partial charge in [0.2, 0.25) is 0 Å². The topological polar surface area (TPSA) is 0 Å². The molecule has 0 saturated heterocycles. The first-order valence-electron chi connectivity index (χ1n) is 16.3. The molecule has 0 aliphatic heterocycles. The van der Waals surface area contributed by atoms with Gasteiger partial charge in [0, 0.05) is 0 Å². The molecule has 0 amide bonds. The van der Waals surface area contributed by atoms with Gasteiger partial charge in [0.05, 0.1) is 0 Å². The van der Waals surface area contributed by atoms with Crippen molar-refractivity contribution in [3.63, 3.8) is 0 Å². The summed E-state index contributed by atoms with van der Waals surface area (Å²) in [5.41, 5.74) is 5.99. The second-order valence-corrected chi connectivity index (χ2v) is 14.3. The Labute approximate surface area is 300 Å². The molecule has 0 radical (unpaired) electrons. The van der Waals surface area contributed by atoms with Gasteiger partial charge < -0.3 is 21.3 Å². The van der Waals surface area contributed by atoms with Crippen LogP contribution in [0.3, 0.4) is 0 Å². The molecule has 0 heterocycles. The molecule has 0 aromatic heterocycles. The third-order valence-electron chi connectivity index (χ3n) is 7.98. The van der Waals surface area contributed by atoms with Crippen LogP contribution >= 0.6 is 0 Å². The Bertz CT molecular complexity index is 1380. The van der Waals surface area contributed by atoms with Crippen LogP contribution < -0.4 is 0 Å². The molecule has 0 N–H and O–H groups in total. The second-order valence-electron chi connectivity index (χ2n) is 14.3. The van der Waals surface area contributed by atoms with Gasteiger partial charge in [-0.05, 0) is 10.8 Å². The SMILES string of the molecule is CC(C)(C)c1ccc2c(c1)[cH-]c1cc(C(C)(C)C)ccc12.CC(C)c1c[c-]cc(C(C)C)c1.[CH-]1CCC1.[CH2]=[Zr].[CH3-].[CH3-].c1cc[cH-]c1. The summed E-state index contributed by atoms with van der Waals surface area (Å²) in [4.78, 5) is 0. The zero-order chi connectivity index (χ0) is 32.9. The number of hydrogen-bond acceptors (Lipinski definition) is 0. The van der Waals surface area contributed by atoms with E-state index in [1.807, 2.05) is 30.3 Å². The molecule has 1 aliphatic rings. The van der Waals surface area contributed by atoms with E-state index in [0.29, 0.717) is 11.8 Å². The Kier molecular flexibility index (Phi) is 19.7. The predicted octanol–water partition coefficient (Wildman–Crippen LogP) is 13.7. The summed E-state index contributed by atoms with van der Waals surface area (Å²) in [6.07, 6.45) is 6.50. The van der Waals surface area contributed by atoms with Gasteiger partial charge >= 0.3 is 28.4 Å². The molecule has 1 aliphatic carbocycles. The molecule has 0 unspecified atom stereocenters. The van der Waals surface area contributed by atoms with Crippen molar-refractivity contribution < 1.29 is 24.2 Å². The molecular weight excluding hydrogens is 632 g/mol. The Balaban J connectivity index is 0.000000681. The maximum absolute atomic E-state index is 3.34. The average molecular weight is 694 g/mol. The van der Waals surface area contributed by atoms with E-state index in [4.69, 9.17) is 0 Å². The normalized spacial score (nSPS) is 12.0. The standard InChI is InChI=1S/C21H25.C12H17.C5H5.C4H7.2CH3.CH2.Zr/c1-20(2,3)16-7-9-18-14(12-16)11-15-13-17(21(4,5)6)8-10-19(15)18;1-9(2)11-6-5-7-12(8-11)10(3)4;1-2-4-5-3-1;1-2-4-3-1;;;;/h7-13H,1-6H3;6-10H,1-4H3;1-5H;1H,2-4H2;2*1H3;1H2;/q6*-1;;. The first kappa shape index (κ1) is 43.6. The summed E-state index contributed by atoms with van der Waals surface area (Å²) in [7, 11) is 0. The van der Waals surface area contributed by atoms with E-state index in [2.05, 4.69) is 147 Å². The van der Waals surface area contributed by atoms with Crippen LogP contribution in [0.5, 0.6) is 0 Å². The smallest absolute Gasteiger partial charge is 0.172 e. The van der Waals surface area contributed by atoms with Gasteiger partial charge in [-0.1, -0.05) is 116 Å². The third-order valence-corrected chi connectivity index (χ3v) is 7.98. The predicted molar refractivity (Wildman–Crippen MR) is 208 cm³/mol. The molecule has 252 valence electrons. The van der Waals surface area contributed by atoms with Gasteiger partial charge in [-0.25, -0.2) is 12.1 Å². The minimum Gasteiger partial charge on any atom is -0.358 e. The van der Waals surface area contributed by atoms with Crippen LogP contribution in [0, 0.1) is 27.3 Å². The fourth-order valence-corrected chi connectivity index (χ4v) is 4.66. The van der Waals surface area contributed by atoms with E-state index in [-0.39, 0.29) is 25.7 Å². The van der Waals surface area contributed by atoms with Gasteiger partial charge in [0.25, 0.3) is 0 Å². The monoisotopic (exact) mass is 692 g/mol. The van der Waals surface area contributed by atoms with Crippen LogP contribution in [-0.2, 0) is 35.1 Å². The summed E-state index contributed by atoms with van der Waals surface area (Å²) in [5.74, 6) is 1.22. The number of benzene rings is 3. The van der Waals surface area contributed by atoms with Crippen LogP contribution in [0.4, 0.5) is 0 Å². The molecule has 6 rings (SSSR count). The van der Waals surface area contributed by atoms with Crippen molar-refractivity contribution in [2.75, 3.05) is 0 Å². The molecular formula is C45H62Zr-6. The van der Waals surface area contributed by atoms with Crippen molar-refractivity contribution in [1.82, 2.24) is 0 Å². The Morgan fingerprint density at radius 2 is 1.04 bits per heavy atom. The number of rotatable bonds is 2. The van der Waals surface area contributed by atoms with Crippen molar-refractivity contribution in [2.24, 2.45) is 0 Å². The van der Waals surface area contributed by atoms with E-state index in [9.17, 15) is 0 Å². The summed E-state index contributed by atoms with van der Waals surface area (Å²) in [5, 5.41) is 5.48. The fourth-order valence-electron chi connectivity index (χ4n) is 4.66. The van der Waals surface area contributed by atoms with E-state index in [1.54, 1.807) is 0 Å². The zero-order valence-electron chi connectivity index (χ0n) is 31.2. The van der Waals surface area contributed by atoms with Gasteiger partial charge in [0.1, 0.15) is 0 Å². The molecule has 46 heavy (non-hydrogen) atoms. The summed E-state index contributed by atoms with van der Waals surface area (Å²) in [6.45, 7) is 22.5. The van der Waals surface area contributed by atoms with E-state index >= 15 is 0 Å². The van der Waals surface area contributed by atoms with Crippen LogP contribution in [-0.4, -0.2) is 4.21 Å². The molecule has 1 saturated carbocycles. The van der Waals surface area contributed by atoms with Gasteiger partial charge in [-0.15, -0.1) is 46.2 Å². The molecule has 1 fully saturated rings. The van der Waals surface area contributed by atoms with E-state index in [0.717, 1.165) is 0 Å². The number of fused-ring (bicyclic) bond motifs is 3. The van der Waals surface area contributed by atoms with Crippen LogP contribution in [0.2, 0.25) is 0 Å². The zero-order valence-corrected chi connectivity index (χ0v) is 33.7. The Hall–Kier alpha value is -2.37. The number of hydrogen-bond donors (Lipinski definition) is 0. The van der Waals surface area contributed by atoms with Crippen molar-refractivity contribution >= 4 is 25.8 Å². The van der Waals surface area contributed by atoms with Crippen molar-refractivity contribution in [2.45, 2.75) is 111 Å². The van der Waals surface area contributed by atoms with Crippen LogP contribution in [0.1, 0.15) is 123 Å². The summed E-state index contributed by atoms with van der Waals surface area (Å²) >= 11 is 1.30. The minimum absolute atomic E-state index is 0. The van der Waals surface area contributed by atoms with Gasteiger partial charge in [-0.2, -0.15) is 66.4 Å². The van der Waals surface area contributed by atoms with Gasteiger partial charge in [-0.3, -0.25) is 0 Å².